The number of rotatable bonds is 5. The Balaban J connectivity index is 2.52. The molecular weight excluding hydrogens is 218 g/mol. The Kier molecular flexibility index (Phi) is 5.06. The number of hydrogen-bond acceptors (Lipinski definition) is 4. The van der Waals surface area contributed by atoms with Gasteiger partial charge in [0.05, 0.1) is 24.1 Å². The van der Waals surface area contributed by atoms with Crippen molar-refractivity contribution in [1.29, 1.82) is 0 Å². The number of carbonyl (C=O) groups is 1. The SMILES string of the molecule is Cc1ncccc1NC(=O)[C@@H](N)COC(C)C. The van der Waals surface area contributed by atoms with Crippen LogP contribution in [0.1, 0.15) is 19.5 Å². The molecule has 0 aliphatic carbocycles. The molecule has 1 atom stereocenters. The number of pyridine rings is 1. The first-order valence-electron chi connectivity index (χ1n) is 5.60. The van der Waals surface area contributed by atoms with E-state index < -0.39 is 6.04 Å². The summed E-state index contributed by atoms with van der Waals surface area (Å²) in [6.45, 7) is 5.83. The number of nitrogens with zero attached hydrogens (tertiary/aromatic N) is 1. The molecule has 0 saturated heterocycles. The Hall–Kier alpha value is -1.46. The van der Waals surface area contributed by atoms with Gasteiger partial charge >= 0.3 is 0 Å². The van der Waals surface area contributed by atoms with Crippen LogP contribution in [0.4, 0.5) is 5.69 Å². The molecule has 1 aromatic rings. The van der Waals surface area contributed by atoms with Crippen LogP contribution in [0.2, 0.25) is 0 Å². The molecule has 0 unspecified atom stereocenters. The molecule has 0 aromatic carbocycles. The van der Waals surface area contributed by atoms with Crippen molar-refractivity contribution in [1.82, 2.24) is 4.98 Å². The highest BCUT2D eigenvalue weighted by molar-refractivity contribution is 5.95. The quantitative estimate of drug-likeness (QED) is 0.803. The molecule has 94 valence electrons. The van der Waals surface area contributed by atoms with E-state index in [0.29, 0.717) is 5.69 Å². The van der Waals surface area contributed by atoms with Gasteiger partial charge in [-0.25, -0.2) is 0 Å². The van der Waals surface area contributed by atoms with Crippen molar-refractivity contribution in [2.75, 3.05) is 11.9 Å². The van der Waals surface area contributed by atoms with Gasteiger partial charge in [-0.05, 0) is 32.9 Å². The Labute approximate surface area is 101 Å². The number of anilines is 1. The van der Waals surface area contributed by atoms with Crippen LogP contribution in [-0.2, 0) is 9.53 Å². The molecule has 1 heterocycles. The molecule has 0 aliphatic rings. The topological polar surface area (TPSA) is 77.2 Å². The lowest BCUT2D eigenvalue weighted by Gasteiger charge is -2.15. The molecule has 0 aliphatic heterocycles. The summed E-state index contributed by atoms with van der Waals surface area (Å²) in [5.74, 6) is -0.262. The zero-order valence-corrected chi connectivity index (χ0v) is 10.4. The van der Waals surface area contributed by atoms with Crippen molar-refractivity contribution in [3.63, 3.8) is 0 Å². The van der Waals surface area contributed by atoms with Crippen LogP contribution in [0, 0.1) is 6.92 Å². The normalized spacial score (nSPS) is 12.5. The molecule has 3 N–H and O–H groups in total. The van der Waals surface area contributed by atoms with Crippen LogP contribution < -0.4 is 11.1 Å². The van der Waals surface area contributed by atoms with E-state index in [2.05, 4.69) is 10.3 Å². The van der Waals surface area contributed by atoms with Crippen molar-refractivity contribution < 1.29 is 9.53 Å². The summed E-state index contributed by atoms with van der Waals surface area (Å²) in [7, 11) is 0. The third-order valence-electron chi connectivity index (χ3n) is 2.21. The average molecular weight is 237 g/mol. The summed E-state index contributed by atoms with van der Waals surface area (Å²) >= 11 is 0. The molecule has 0 radical (unpaired) electrons. The largest absolute Gasteiger partial charge is 0.377 e. The van der Waals surface area contributed by atoms with Crippen LogP contribution in [0.5, 0.6) is 0 Å². The number of aryl methyl sites for hydroxylation is 1. The second-order valence-corrected chi connectivity index (χ2v) is 4.11. The summed E-state index contributed by atoms with van der Waals surface area (Å²) < 4.78 is 5.29. The Bertz CT molecular complexity index is 380. The van der Waals surface area contributed by atoms with Crippen molar-refractivity contribution in [3.05, 3.63) is 24.0 Å². The fraction of sp³-hybridized carbons (Fsp3) is 0.500. The molecule has 1 amide bonds. The fourth-order valence-electron chi connectivity index (χ4n) is 1.21. The van der Waals surface area contributed by atoms with E-state index in [0.717, 1.165) is 5.69 Å². The average Bonchev–Trinajstić information content (AvgIpc) is 2.28. The molecule has 1 rings (SSSR count). The number of nitrogens with two attached hydrogens (primary N) is 1. The van der Waals surface area contributed by atoms with Gasteiger partial charge in [-0.1, -0.05) is 0 Å². The Morgan fingerprint density at radius 1 is 1.59 bits per heavy atom. The predicted molar refractivity (Wildman–Crippen MR) is 66.7 cm³/mol. The van der Waals surface area contributed by atoms with Crippen molar-refractivity contribution in [3.8, 4) is 0 Å². The zero-order chi connectivity index (χ0) is 12.8. The van der Waals surface area contributed by atoms with Crippen molar-refractivity contribution >= 4 is 11.6 Å². The van der Waals surface area contributed by atoms with E-state index in [9.17, 15) is 4.79 Å². The minimum atomic E-state index is -0.669. The lowest BCUT2D eigenvalue weighted by atomic mass is 10.2. The number of hydrogen-bond donors (Lipinski definition) is 2. The zero-order valence-electron chi connectivity index (χ0n) is 10.4. The monoisotopic (exact) mass is 237 g/mol. The summed E-state index contributed by atoms with van der Waals surface area (Å²) in [6, 6.07) is 2.88. The van der Waals surface area contributed by atoms with Crippen LogP contribution in [0.3, 0.4) is 0 Å². The fourth-order valence-corrected chi connectivity index (χ4v) is 1.21. The summed E-state index contributed by atoms with van der Waals surface area (Å²) in [6.07, 6.45) is 1.74. The number of carbonyl (C=O) groups excluding carboxylic acids is 1. The molecule has 0 spiro atoms. The molecule has 1 aromatic heterocycles. The van der Waals surface area contributed by atoms with Gasteiger partial charge < -0.3 is 15.8 Å². The van der Waals surface area contributed by atoms with Crippen molar-refractivity contribution in [2.24, 2.45) is 5.73 Å². The van der Waals surface area contributed by atoms with E-state index >= 15 is 0 Å². The maximum absolute atomic E-state index is 11.7. The first-order valence-corrected chi connectivity index (χ1v) is 5.60. The molecule has 0 fully saturated rings. The second kappa shape index (κ2) is 6.32. The van der Waals surface area contributed by atoms with E-state index in [-0.39, 0.29) is 18.6 Å². The minimum absolute atomic E-state index is 0.0639. The molecule has 17 heavy (non-hydrogen) atoms. The van der Waals surface area contributed by atoms with Gasteiger partial charge in [0.15, 0.2) is 0 Å². The number of nitrogens with one attached hydrogen (secondary N) is 1. The summed E-state index contributed by atoms with van der Waals surface area (Å²) in [5, 5.41) is 2.73. The van der Waals surface area contributed by atoms with Crippen LogP contribution in [-0.4, -0.2) is 29.6 Å². The minimum Gasteiger partial charge on any atom is -0.377 e. The van der Waals surface area contributed by atoms with E-state index in [4.69, 9.17) is 10.5 Å². The lowest BCUT2D eigenvalue weighted by molar-refractivity contribution is -0.119. The number of amides is 1. The van der Waals surface area contributed by atoms with Gasteiger partial charge in [-0.2, -0.15) is 0 Å². The summed E-state index contributed by atoms with van der Waals surface area (Å²) in [4.78, 5) is 15.8. The number of aromatic nitrogens is 1. The van der Waals surface area contributed by atoms with Gasteiger partial charge in [0, 0.05) is 6.20 Å². The second-order valence-electron chi connectivity index (χ2n) is 4.11. The highest BCUT2D eigenvalue weighted by Gasteiger charge is 2.15. The lowest BCUT2D eigenvalue weighted by Crippen LogP contribution is -2.40. The van der Waals surface area contributed by atoms with Crippen LogP contribution >= 0.6 is 0 Å². The van der Waals surface area contributed by atoms with Gasteiger partial charge in [0.1, 0.15) is 6.04 Å². The van der Waals surface area contributed by atoms with Crippen LogP contribution in [0.15, 0.2) is 18.3 Å². The molecular formula is C12H19N3O2. The van der Waals surface area contributed by atoms with Crippen molar-refractivity contribution in [2.45, 2.75) is 32.9 Å². The Morgan fingerprint density at radius 2 is 2.29 bits per heavy atom. The van der Waals surface area contributed by atoms with Crippen LogP contribution in [0.25, 0.3) is 0 Å². The first kappa shape index (κ1) is 13.6. The standard InChI is InChI=1S/C12H19N3O2/c1-8(2)17-7-10(13)12(16)15-11-5-4-6-14-9(11)3/h4-6,8,10H,7,13H2,1-3H3,(H,15,16)/t10-/m0/s1. The molecule has 0 bridgehead atoms. The smallest absolute Gasteiger partial charge is 0.243 e. The Morgan fingerprint density at radius 3 is 2.88 bits per heavy atom. The predicted octanol–water partition coefficient (Wildman–Crippen LogP) is 1.08. The van der Waals surface area contributed by atoms with Gasteiger partial charge in [0.2, 0.25) is 5.91 Å². The van der Waals surface area contributed by atoms with E-state index in [1.165, 1.54) is 0 Å². The maximum atomic E-state index is 11.7. The van der Waals surface area contributed by atoms with Gasteiger partial charge in [0.25, 0.3) is 0 Å². The van der Waals surface area contributed by atoms with E-state index in [1.54, 1.807) is 18.3 Å². The molecule has 0 saturated carbocycles. The highest BCUT2D eigenvalue weighted by Crippen LogP contribution is 2.10. The van der Waals surface area contributed by atoms with Gasteiger partial charge in [-0.15, -0.1) is 0 Å². The summed E-state index contributed by atoms with van der Waals surface area (Å²) in [5.41, 5.74) is 7.15. The maximum Gasteiger partial charge on any atom is 0.243 e. The molecule has 5 heteroatoms. The third kappa shape index (κ3) is 4.50. The molecule has 5 nitrogen and oxygen atoms in total. The van der Waals surface area contributed by atoms with E-state index in [1.807, 2.05) is 20.8 Å². The third-order valence-corrected chi connectivity index (χ3v) is 2.21. The highest BCUT2D eigenvalue weighted by atomic mass is 16.5. The van der Waals surface area contributed by atoms with Gasteiger partial charge in [-0.3, -0.25) is 9.78 Å². The first-order chi connectivity index (χ1) is 8.00. The number of ether oxygens (including phenoxy) is 1.